The third kappa shape index (κ3) is 2.30. The zero-order valence-corrected chi connectivity index (χ0v) is 12.2. The molecule has 2 N–H and O–H groups in total. The summed E-state index contributed by atoms with van der Waals surface area (Å²) in [5.74, 6) is 0.439. The van der Waals surface area contributed by atoms with Gasteiger partial charge in [-0.3, -0.25) is 0 Å². The molecule has 3 heteroatoms. The van der Waals surface area contributed by atoms with Crippen LogP contribution in [0.2, 0.25) is 0 Å². The standard InChI is InChI=1S/C16H23N3/c1-12(2)16(4,10-17)19-11-18-9-15(19)14-8-6-5-7-13(14)3/h5-9,11-12H,10,17H2,1-4H3. The molecule has 1 unspecified atom stereocenters. The average Bonchev–Trinajstić information content (AvgIpc) is 2.87. The normalized spacial score (nSPS) is 14.6. The summed E-state index contributed by atoms with van der Waals surface area (Å²) in [7, 11) is 0. The van der Waals surface area contributed by atoms with Gasteiger partial charge in [-0.15, -0.1) is 0 Å². The van der Waals surface area contributed by atoms with Crippen LogP contribution in [0.25, 0.3) is 11.3 Å². The molecule has 19 heavy (non-hydrogen) atoms. The highest BCUT2D eigenvalue weighted by Gasteiger charge is 2.30. The van der Waals surface area contributed by atoms with E-state index in [2.05, 4.69) is 61.5 Å². The first-order valence-corrected chi connectivity index (χ1v) is 6.79. The Kier molecular flexibility index (Phi) is 3.76. The van der Waals surface area contributed by atoms with Crippen molar-refractivity contribution in [1.82, 2.24) is 9.55 Å². The van der Waals surface area contributed by atoms with E-state index in [1.165, 1.54) is 11.1 Å². The average molecular weight is 257 g/mol. The highest BCUT2D eigenvalue weighted by Crippen LogP contribution is 2.32. The summed E-state index contributed by atoms with van der Waals surface area (Å²) < 4.78 is 2.22. The molecule has 102 valence electrons. The second kappa shape index (κ2) is 5.17. The van der Waals surface area contributed by atoms with Crippen molar-refractivity contribution >= 4 is 0 Å². The fraction of sp³-hybridized carbons (Fsp3) is 0.438. The van der Waals surface area contributed by atoms with Crippen molar-refractivity contribution < 1.29 is 0 Å². The molecule has 0 radical (unpaired) electrons. The number of aromatic nitrogens is 2. The lowest BCUT2D eigenvalue weighted by Gasteiger charge is -2.35. The van der Waals surface area contributed by atoms with Crippen LogP contribution in [0.15, 0.2) is 36.8 Å². The van der Waals surface area contributed by atoms with Crippen LogP contribution in [0.5, 0.6) is 0 Å². The summed E-state index contributed by atoms with van der Waals surface area (Å²) in [5, 5.41) is 0. The molecule has 2 aromatic rings. The Labute approximate surface area is 115 Å². The number of imidazole rings is 1. The van der Waals surface area contributed by atoms with Gasteiger partial charge in [-0.1, -0.05) is 38.1 Å². The van der Waals surface area contributed by atoms with Crippen LogP contribution in [0, 0.1) is 12.8 Å². The van der Waals surface area contributed by atoms with Gasteiger partial charge in [0.2, 0.25) is 0 Å². The molecule has 0 spiro atoms. The Bertz CT molecular complexity index is 557. The van der Waals surface area contributed by atoms with Crippen molar-refractivity contribution in [3.63, 3.8) is 0 Å². The van der Waals surface area contributed by atoms with E-state index in [9.17, 15) is 0 Å². The first-order valence-electron chi connectivity index (χ1n) is 6.79. The van der Waals surface area contributed by atoms with Crippen LogP contribution in [0.3, 0.4) is 0 Å². The van der Waals surface area contributed by atoms with Crippen LogP contribution < -0.4 is 5.73 Å². The molecule has 0 saturated carbocycles. The Morgan fingerprint density at radius 3 is 2.58 bits per heavy atom. The van der Waals surface area contributed by atoms with Crippen LogP contribution in [0.4, 0.5) is 0 Å². The van der Waals surface area contributed by atoms with E-state index in [1.54, 1.807) is 0 Å². The van der Waals surface area contributed by atoms with E-state index in [0.29, 0.717) is 12.5 Å². The molecule has 1 heterocycles. The molecule has 0 bridgehead atoms. The van der Waals surface area contributed by atoms with Gasteiger partial charge in [0.1, 0.15) is 0 Å². The number of aryl methyl sites for hydroxylation is 1. The Morgan fingerprint density at radius 1 is 1.32 bits per heavy atom. The van der Waals surface area contributed by atoms with Gasteiger partial charge in [0, 0.05) is 12.1 Å². The van der Waals surface area contributed by atoms with Crippen LogP contribution in [-0.2, 0) is 5.54 Å². The van der Waals surface area contributed by atoms with Crippen molar-refractivity contribution in [1.29, 1.82) is 0 Å². The number of nitrogens with two attached hydrogens (primary N) is 1. The second-order valence-corrected chi connectivity index (χ2v) is 5.68. The molecule has 0 fully saturated rings. The first kappa shape index (κ1) is 13.8. The number of benzene rings is 1. The van der Waals surface area contributed by atoms with Crippen molar-refractivity contribution in [2.75, 3.05) is 6.54 Å². The van der Waals surface area contributed by atoms with Crippen molar-refractivity contribution in [3.05, 3.63) is 42.4 Å². The predicted octanol–water partition coefficient (Wildman–Crippen LogP) is 3.19. The summed E-state index contributed by atoms with van der Waals surface area (Å²) in [6.07, 6.45) is 3.83. The minimum Gasteiger partial charge on any atom is -0.328 e. The zero-order chi connectivity index (χ0) is 14.0. The van der Waals surface area contributed by atoms with Gasteiger partial charge in [-0.05, 0) is 25.3 Å². The maximum absolute atomic E-state index is 6.04. The van der Waals surface area contributed by atoms with Crippen LogP contribution >= 0.6 is 0 Å². The maximum Gasteiger partial charge on any atom is 0.0956 e. The minimum atomic E-state index is -0.117. The number of rotatable bonds is 4. The molecular weight excluding hydrogens is 234 g/mol. The van der Waals surface area contributed by atoms with Gasteiger partial charge < -0.3 is 10.3 Å². The van der Waals surface area contributed by atoms with Crippen molar-refractivity contribution in [2.24, 2.45) is 11.7 Å². The molecule has 0 aliphatic carbocycles. The van der Waals surface area contributed by atoms with Gasteiger partial charge in [0.05, 0.1) is 23.8 Å². The largest absolute Gasteiger partial charge is 0.328 e. The fourth-order valence-electron chi connectivity index (χ4n) is 2.37. The lowest BCUT2D eigenvalue weighted by atomic mass is 9.87. The van der Waals surface area contributed by atoms with E-state index in [4.69, 9.17) is 5.73 Å². The van der Waals surface area contributed by atoms with Gasteiger partial charge in [0.25, 0.3) is 0 Å². The molecule has 0 amide bonds. The Morgan fingerprint density at radius 2 is 2.00 bits per heavy atom. The predicted molar refractivity (Wildman–Crippen MR) is 79.9 cm³/mol. The SMILES string of the molecule is Cc1ccccc1-c1cncn1C(C)(CN)C(C)C. The summed E-state index contributed by atoms with van der Waals surface area (Å²) in [6, 6.07) is 8.39. The molecule has 1 atom stereocenters. The van der Waals surface area contributed by atoms with E-state index in [0.717, 1.165) is 5.69 Å². The smallest absolute Gasteiger partial charge is 0.0956 e. The zero-order valence-electron chi connectivity index (χ0n) is 12.2. The monoisotopic (exact) mass is 257 g/mol. The number of nitrogens with zero attached hydrogens (tertiary/aromatic N) is 2. The molecule has 1 aromatic carbocycles. The van der Waals surface area contributed by atoms with Gasteiger partial charge in [-0.2, -0.15) is 0 Å². The van der Waals surface area contributed by atoms with E-state index in [1.807, 2.05) is 12.5 Å². The summed E-state index contributed by atoms with van der Waals surface area (Å²) in [4.78, 5) is 4.34. The van der Waals surface area contributed by atoms with Gasteiger partial charge in [0.15, 0.2) is 0 Å². The highest BCUT2D eigenvalue weighted by molar-refractivity contribution is 5.63. The number of hydrogen-bond acceptors (Lipinski definition) is 2. The van der Waals surface area contributed by atoms with Crippen LogP contribution in [0.1, 0.15) is 26.3 Å². The van der Waals surface area contributed by atoms with E-state index in [-0.39, 0.29) is 5.54 Å². The molecule has 1 aromatic heterocycles. The summed E-state index contributed by atoms with van der Waals surface area (Å²) >= 11 is 0. The van der Waals surface area contributed by atoms with E-state index >= 15 is 0 Å². The maximum atomic E-state index is 6.04. The number of hydrogen-bond donors (Lipinski definition) is 1. The third-order valence-corrected chi connectivity index (χ3v) is 4.27. The molecule has 0 saturated heterocycles. The first-order chi connectivity index (χ1) is 9.00. The minimum absolute atomic E-state index is 0.117. The van der Waals surface area contributed by atoms with Crippen LogP contribution in [-0.4, -0.2) is 16.1 Å². The van der Waals surface area contributed by atoms with Gasteiger partial charge in [-0.25, -0.2) is 4.98 Å². The Balaban J connectivity index is 2.58. The molecule has 0 aliphatic rings. The fourth-order valence-corrected chi connectivity index (χ4v) is 2.37. The van der Waals surface area contributed by atoms with E-state index < -0.39 is 0 Å². The quantitative estimate of drug-likeness (QED) is 0.914. The molecule has 0 aliphatic heterocycles. The Hall–Kier alpha value is -1.61. The van der Waals surface area contributed by atoms with Crippen molar-refractivity contribution in [3.8, 4) is 11.3 Å². The third-order valence-electron chi connectivity index (χ3n) is 4.27. The summed E-state index contributed by atoms with van der Waals surface area (Å²) in [5.41, 5.74) is 9.54. The molecule has 3 nitrogen and oxygen atoms in total. The van der Waals surface area contributed by atoms with Crippen molar-refractivity contribution in [2.45, 2.75) is 33.2 Å². The highest BCUT2D eigenvalue weighted by atomic mass is 15.1. The lowest BCUT2D eigenvalue weighted by molar-refractivity contribution is 0.233. The topological polar surface area (TPSA) is 43.8 Å². The second-order valence-electron chi connectivity index (χ2n) is 5.68. The summed E-state index contributed by atoms with van der Waals surface area (Å²) in [6.45, 7) is 9.33. The van der Waals surface area contributed by atoms with Gasteiger partial charge >= 0.3 is 0 Å². The lowest BCUT2D eigenvalue weighted by Crippen LogP contribution is -2.42. The molecular formula is C16H23N3. The molecule has 2 rings (SSSR count).